The number of nitrogens with zero attached hydrogens (tertiary/aromatic N) is 3. The van der Waals surface area contributed by atoms with Crippen LogP contribution in [0.15, 0.2) is 87.8 Å². The van der Waals surface area contributed by atoms with Crippen LogP contribution in [0, 0.1) is 6.92 Å². The number of carbonyl (C=O) groups excluding carboxylic acids is 1. The summed E-state index contributed by atoms with van der Waals surface area (Å²) in [6.07, 6.45) is 2.58. The van der Waals surface area contributed by atoms with Gasteiger partial charge in [-0.15, -0.1) is 0 Å². The van der Waals surface area contributed by atoms with Gasteiger partial charge < -0.3 is 0 Å². The molecule has 0 saturated heterocycles. The quantitative estimate of drug-likeness (QED) is 0.192. The Bertz CT molecular complexity index is 1380. The van der Waals surface area contributed by atoms with Gasteiger partial charge in [0, 0.05) is 0 Å². The van der Waals surface area contributed by atoms with Gasteiger partial charge >= 0.3 is 0 Å². The Hall–Kier alpha value is -3.71. The van der Waals surface area contributed by atoms with Gasteiger partial charge in [-0.2, -0.15) is 5.10 Å². The van der Waals surface area contributed by atoms with Crippen LogP contribution in [-0.2, 0) is 11.2 Å². The van der Waals surface area contributed by atoms with E-state index < -0.39 is 0 Å². The average Bonchev–Trinajstić information content (AvgIpc) is 2.84. The molecule has 4 aromatic rings. The number of para-hydroxylation sites is 2. The highest BCUT2D eigenvalue weighted by molar-refractivity contribution is 7.99. The van der Waals surface area contributed by atoms with Gasteiger partial charge in [-0.25, -0.2) is 10.4 Å². The Balaban J connectivity index is 1.54. The zero-order valence-corrected chi connectivity index (χ0v) is 19.3. The summed E-state index contributed by atoms with van der Waals surface area (Å²) in [5.74, 6) is -0.205. The number of hydrogen-bond acceptors (Lipinski definition) is 5. The lowest BCUT2D eigenvalue weighted by Gasteiger charge is -2.14. The van der Waals surface area contributed by atoms with Crippen LogP contribution in [0.3, 0.4) is 0 Å². The molecule has 0 fully saturated rings. The van der Waals surface area contributed by atoms with Gasteiger partial charge in [0.2, 0.25) is 0 Å². The molecule has 0 aliphatic heterocycles. The zero-order chi connectivity index (χ0) is 23.2. The Morgan fingerprint density at radius 1 is 1.06 bits per heavy atom. The molecule has 7 heteroatoms. The maximum absolute atomic E-state index is 13.3. The zero-order valence-electron chi connectivity index (χ0n) is 18.5. The van der Waals surface area contributed by atoms with Gasteiger partial charge in [0.25, 0.3) is 11.5 Å². The smallest absolute Gasteiger partial charge is 0.266 e. The summed E-state index contributed by atoms with van der Waals surface area (Å²) in [6, 6.07) is 22.9. The summed E-state index contributed by atoms with van der Waals surface area (Å²) >= 11 is 1.20. The molecule has 0 aliphatic rings. The number of benzene rings is 3. The van der Waals surface area contributed by atoms with Crippen molar-refractivity contribution in [3.05, 3.63) is 99.8 Å². The molecular weight excluding hydrogens is 432 g/mol. The Kier molecular flexibility index (Phi) is 7.00. The number of aromatic nitrogens is 2. The normalized spacial score (nSPS) is 11.2. The summed E-state index contributed by atoms with van der Waals surface area (Å²) in [4.78, 5) is 30.4. The third-order valence-corrected chi connectivity index (χ3v) is 6.16. The van der Waals surface area contributed by atoms with Crippen molar-refractivity contribution >= 4 is 34.8 Å². The van der Waals surface area contributed by atoms with E-state index in [1.54, 1.807) is 22.9 Å². The molecule has 0 bridgehead atoms. The first kappa shape index (κ1) is 22.5. The van der Waals surface area contributed by atoms with Gasteiger partial charge in [-0.05, 0) is 48.2 Å². The molecule has 6 nitrogen and oxygen atoms in total. The maximum atomic E-state index is 13.3. The second-order valence-electron chi connectivity index (χ2n) is 7.52. The maximum Gasteiger partial charge on any atom is 0.266 e. The molecule has 0 radical (unpaired) electrons. The number of fused-ring (bicyclic) bond motifs is 1. The third kappa shape index (κ3) is 5.21. The van der Waals surface area contributed by atoms with Gasteiger partial charge in [-0.3, -0.25) is 14.2 Å². The van der Waals surface area contributed by atoms with Crippen molar-refractivity contribution in [1.29, 1.82) is 0 Å². The van der Waals surface area contributed by atoms with E-state index in [1.807, 2.05) is 67.6 Å². The van der Waals surface area contributed by atoms with Gasteiger partial charge in [0.05, 0.1) is 28.6 Å². The molecule has 1 aromatic heterocycles. The minimum atomic E-state index is -0.278. The molecule has 0 spiro atoms. The van der Waals surface area contributed by atoms with Crippen LogP contribution in [0.4, 0.5) is 0 Å². The molecule has 0 unspecified atom stereocenters. The van der Waals surface area contributed by atoms with Crippen molar-refractivity contribution < 1.29 is 4.79 Å². The lowest BCUT2D eigenvalue weighted by Crippen LogP contribution is -2.24. The molecule has 33 heavy (non-hydrogen) atoms. The second-order valence-corrected chi connectivity index (χ2v) is 8.46. The number of thioether (sulfide) groups is 1. The van der Waals surface area contributed by atoms with E-state index in [4.69, 9.17) is 0 Å². The summed E-state index contributed by atoms with van der Waals surface area (Å²) in [5, 5.41) is 5.04. The standard InChI is InChI=1S/C26H24N4O2S/c1-3-19-12-14-20(15-13-19)16-27-29-24(31)17-33-26-28-22-10-6-5-9-21(22)25(32)30(26)23-11-7-4-8-18(23)2/h4-16H,3,17H2,1-2H3,(H,29,31). The number of amides is 1. The Labute approximate surface area is 196 Å². The fraction of sp³-hybridized carbons (Fsp3) is 0.154. The van der Waals surface area contributed by atoms with E-state index in [0.29, 0.717) is 16.1 Å². The van der Waals surface area contributed by atoms with Crippen molar-refractivity contribution in [2.75, 3.05) is 5.75 Å². The van der Waals surface area contributed by atoms with E-state index in [0.717, 1.165) is 23.2 Å². The number of rotatable bonds is 7. The van der Waals surface area contributed by atoms with Crippen molar-refractivity contribution in [3.63, 3.8) is 0 Å². The number of hydrazone groups is 1. The third-order valence-electron chi connectivity index (χ3n) is 5.22. The van der Waals surface area contributed by atoms with Crippen LogP contribution in [0.25, 0.3) is 16.6 Å². The molecule has 0 atom stereocenters. The largest absolute Gasteiger partial charge is 0.272 e. The highest BCUT2D eigenvalue weighted by atomic mass is 32.2. The van der Waals surface area contributed by atoms with E-state index >= 15 is 0 Å². The summed E-state index contributed by atoms with van der Waals surface area (Å²) in [6.45, 7) is 4.05. The van der Waals surface area contributed by atoms with E-state index in [2.05, 4.69) is 22.4 Å². The van der Waals surface area contributed by atoms with Crippen LogP contribution in [0.1, 0.15) is 23.6 Å². The average molecular weight is 457 g/mol. The van der Waals surface area contributed by atoms with Crippen LogP contribution in [0.5, 0.6) is 0 Å². The molecule has 3 aromatic carbocycles. The molecule has 1 heterocycles. The van der Waals surface area contributed by atoms with E-state index in [-0.39, 0.29) is 17.2 Å². The van der Waals surface area contributed by atoms with Crippen molar-refractivity contribution in [3.8, 4) is 5.69 Å². The molecular formula is C26H24N4O2S. The van der Waals surface area contributed by atoms with Crippen LogP contribution in [0.2, 0.25) is 0 Å². The molecule has 166 valence electrons. The molecule has 0 saturated carbocycles. The highest BCUT2D eigenvalue weighted by Crippen LogP contribution is 2.23. The van der Waals surface area contributed by atoms with Crippen LogP contribution < -0.4 is 11.0 Å². The first-order valence-corrected chi connectivity index (χ1v) is 11.7. The summed E-state index contributed by atoms with van der Waals surface area (Å²) < 4.78 is 1.58. The van der Waals surface area contributed by atoms with Crippen LogP contribution in [-0.4, -0.2) is 27.4 Å². The lowest BCUT2D eigenvalue weighted by atomic mass is 10.1. The van der Waals surface area contributed by atoms with Gasteiger partial charge in [0.1, 0.15) is 0 Å². The highest BCUT2D eigenvalue weighted by Gasteiger charge is 2.15. The number of nitrogens with one attached hydrogen (secondary N) is 1. The Morgan fingerprint density at radius 2 is 1.79 bits per heavy atom. The fourth-order valence-electron chi connectivity index (χ4n) is 3.42. The SMILES string of the molecule is CCc1ccc(C=NNC(=O)CSc2nc3ccccc3c(=O)n2-c2ccccc2C)cc1. The molecule has 1 N–H and O–H groups in total. The Morgan fingerprint density at radius 3 is 2.55 bits per heavy atom. The predicted molar refractivity (Wildman–Crippen MR) is 134 cm³/mol. The first-order valence-electron chi connectivity index (χ1n) is 10.7. The number of aryl methyl sites for hydroxylation is 2. The number of hydrogen-bond donors (Lipinski definition) is 1. The topological polar surface area (TPSA) is 76.3 Å². The number of carbonyl (C=O) groups is 1. The summed E-state index contributed by atoms with van der Waals surface area (Å²) in [5.41, 5.74) is 6.83. The molecule has 0 aliphatic carbocycles. The van der Waals surface area contributed by atoms with Gasteiger partial charge in [0.15, 0.2) is 5.16 Å². The summed E-state index contributed by atoms with van der Waals surface area (Å²) in [7, 11) is 0. The minimum Gasteiger partial charge on any atom is -0.272 e. The second kappa shape index (κ2) is 10.3. The molecule has 4 rings (SSSR count). The minimum absolute atomic E-state index is 0.0722. The predicted octanol–water partition coefficient (Wildman–Crippen LogP) is 4.50. The van der Waals surface area contributed by atoms with Gasteiger partial charge in [-0.1, -0.05) is 73.3 Å². The van der Waals surface area contributed by atoms with Crippen molar-refractivity contribution in [2.24, 2.45) is 5.10 Å². The molecule has 1 amide bonds. The van der Waals surface area contributed by atoms with Crippen molar-refractivity contribution in [1.82, 2.24) is 15.0 Å². The lowest BCUT2D eigenvalue weighted by molar-refractivity contribution is -0.118. The van der Waals surface area contributed by atoms with Crippen LogP contribution >= 0.6 is 11.8 Å². The van der Waals surface area contributed by atoms with Crippen molar-refractivity contribution in [2.45, 2.75) is 25.4 Å². The monoisotopic (exact) mass is 456 g/mol. The van der Waals surface area contributed by atoms with E-state index in [1.165, 1.54) is 17.3 Å². The van der Waals surface area contributed by atoms with E-state index in [9.17, 15) is 9.59 Å². The fourth-order valence-corrected chi connectivity index (χ4v) is 4.21. The first-order chi connectivity index (χ1) is 16.1.